The van der Waals surface area contributed by atoms with E-state index in [-0.39, 0.29) is 11.0 Å². The highest BCUT2D eigenvalue weighted by Crippen LogP contribution is 2.33. The van der Waals surface area contributed by atoms with Gasteiger partial charge in [-0.25, -0.2) is 4.98 Å². The fourth-order valence-corrected chi connectivity index (χ4v) is 4.98. The number of fused-ring (bicyclic) bond motifs is 2. The maximum absolute atomic E-state index is 13.5. The first-order valence-corrected chi connectivity index (χ1v) is 11.0. The Morgan fingerprint density at radius 3 is 2.72 bits per heavy atom. The second-order valence-electron chi connectivity index (χ2n) is 7.61. The normalized spacial score (nSPS) is 13.9. The standard InChI is InChI=1S/C23H19F3N4OS/c24-23(25,26)22-28-17-6-2-4-8-19(17)30(22)14-21(31)27-16-5-1-3-7-18(16)29-11-9-20-15(13-29)10-12-32-20/h1-8,10,12H,9,11,13-14H2,(H,27,31). The fraction of sp³-hybridized carbons (Fsp3) is 0.217. The van der Waals surface area contributed by atoms with Crippen LogP contribution in [0.2, 0.25) is 0 Å². The lowest BCUT2D eigenvalue weighted by Crippen LogP contribution is -2.31. The summed E-state index contributed by atoms with van der Waals surface area (Å²) >= 11 is 1.75. The van der Waals surface area contributed by atoms with Crippen molar-refractivity contribution in [3.8, 4) is 0 Å². The molecule has 0 spiro atoms. The number of carbonyl (C=O) groups excluding carboxylic acids is 1. The molecule has 0 fully saturated rings. The summed E-state index contributed by atoms with van der Waals surface area (Å²) in [5, 5.41) is 4.89. The Labute approximate surface area is 186 Å². The van der Waals surface area contributed by atoms with Crippen LogP contribution in [0.25, 0.3) is 11.0 Å². The lowest BCUT2D eigenvalue weighted by molar-refractivity contribution is -0.147. The van der Waals surface area contributed by atoms with Crippen LogP contribution in [0.15, 0.2) is 60.0 Å². The summed E-state index contributed by atoms with van der Waals surface area (Å²) in [5.41, 5.74) is 3.16. The molecule has 0 saturated heterocycles. The van der Waals surface area contributed by atoms with Gasteiger partial charge in [0, 0.05) is 18.0 Å². The molecule has 0 saturated carbocycles. The van der Waals surface area contributed by atoms with E-state index in [2.05, 4.69) is 26.6 Å². The molecule has 1 amide bonds. The number of anilines is 2. The third kappa shape index (κ3) is 3.84. The Hall–Kier alpha value is -3.33. The van der Waals surface area contributed by atoms with Gasteiger partial charge < -0.3 is 14.8 Å². The number of rotatable bonds is 4. The Bertz CT molecular complexity index is 1290. The number of aromatic nitrogens is 2. The lowest BCUT2D eigenvalue weighted by atomic mass is 10.1. The Morgan fingerprint density at radius 1 is 1.09 bits per heavy atom. The number of nitrogens with one attached hydrogen (secondary N) is 1. The van der Waals surface area contributed by atoms with Crippen molar-refractivity contribution in [2.24, 2.45) is 0 Å². The molecule has 164 valence electrons. The van der Waals surface area contributed by atoms with E-state index >= 15 is 0 Å². The molecule has 0 aliphatic carbocycles. The molecular weight excluding hydrogens is 437 g/mol. The molecule has 2 aromatic carbocycles. The predicted octanol–water partition coefficient (Wildman–Crippen LogP) is 5.32. The van der Waals surface area contributed by atoms with Crippen LogP contribution in [0.4, 0.5) is 24.5 Å². The van der Waals surface area contributed by atoms with Gasteiger partial charge in [-0.15, -0.1) is 11.3 Å². The monoisotopic (exact) mass is 456 g/mol. The number of amides is 1. The highest BCUT2D eigenvalue weighted by Gasteiger charge is 2.38. The van der Waals surface area contributed by atoms with Crippen molar-refractivity contribution in [1.82, 2.24) is 9.55 Å². The summed E-state index contributed by atoms with van der Waals surface area (Å²) in [6.45, 7) is 1.05. The van der Waals surface area contributed by atoms with Gasteiger partial charge in [0.15, 0.2) is 0 Å². The van der Waals surface area contributed by atoms with E-state index in [0.29, 0.717) is 5.69 Å². The minimum atomic E-state index is -4.66. The van der Waals surface area contributed by atoms with Crippen molar-refractivity contribution < 1.29 is 18.0 Å². The van der Waals surface area contributed by atoms with E-state index in [1.807, 2.05) is 12.1 Å². The number of benzene rings is 2. The minimum Gasteiger partial charge on any atom is -0.365 e. The Kier molecular flexibility index (Phi) is 5.13. The molecule has 0 bridgehead atoms. The molecule has 1 aliphatic rings. The van der Waals surface area contributed by atoms with Gasteiger partial charge in [0.2, 0.25) is 11.7 Å². The summed E-state index contributed by atoms with van der Waals surface area (Å²) in [4.78, 5) is 20.1. The second kappa shape index (κ2) is 7.98. The van der Waals surface area contributed by atoms with Gasteiger partial charge in [-0.05, 0) is 47.7 Å². The quantitative estimate of drug-likeness (QED) is 0.452. The summed E-state index contributed by atoms with van der Waals surface area (Å²) in [7, 11) is 0. The van der Waals surface area contributed by atoms with Crippen molar-refractivity contribution in [1.29, 1.82) is 0 Å². The van der Waals surface area contributed by atoms with Gasteiger partial charge in [-0.2, -0.15) is 13.2 Å². The van der Waals surface area contributed by atoms with Crippen LogP contribution in [-0.4, -0.2) is 22.0 Å². The molecule has 0 unspecified atom stereocenters. The molecule has 9 heteroatoms. The smallest absolute Gasteiger partial charge is 0.365 e. The molecule has 5 rings (SSSR count). The van der Waals surface area contributed by atoms with Gasteiger partial charge in [0.25, 0.3) is 0 Å². The maximum Gasteiger partial charge on any atom is 0.449 e. The van der Waals surface area contributed by atoms with Gasteiger partial charge in [0.05, 0.1) is 22.4 Å². The first-order valence-electron chi connectivity index (χ1n) is 10.1. The zero-order valence-corrected chi connectivity index (χ0v) is 17.7. The number of thiophene rings is 1. The highest BCUT2D eigenvalue weighted by molar-refractivity contribution is 7.10. The van der Waals surface area contributed by atoms with E-state index in [0.717, 1.165) is 29.8 Å². The zero-order valence-electron chi connectivity index (χ0n) is 16.9. The molecule has 1 N–H and O–H groups in total. The van der Waals surface area contributed by atoms with Gasteiger partial charge in [-0.3, -0.25) is 4.79 Å². The largest absolute Gasteiger partial charge is 0.449 e. The average Bonchev–Trinajstić information content (AvgIpc) is 3.38. The predicted molar refractivity (Wildman–Crippen MR) is 119 cm³/mol. The number of hydrogen-bond acceptors (Lipinski definition) is 4. The van der Waals surface area contributed by atoms with E-state index in [1.54, 1.807) is 35.6 Å². The topological polar surface area (TPSA) is 50.2 Å². The fourth-order valence-electron chi connectivity index (χ4n) is 4.09. The summed E-state index contributed by atoms with van der Waals surface area (Å²) in [6, 6.07) is 15.8. The van der Waals surface area contributed by atoms with Crippen LogP contribution >= 0.6 is 11.3 Å². The number of nitrogens with zero attached hydrogens (tertiary/aromatic N) is 3. The van der Waals surface area contributed by atoms with Crippen LogP contribution in [-0.2, 0) is 30.5 Å². The first-order chi connectivity index (χ1) is 15.4. The maximum atomic E-state index is 13.5. The van der Waals surface area contributed by atoms with Crippen molar-refractivity contribution >= 4 is 39.7 Å². The van der Waals surface area contributed by atoms with E-state index in [9.17, 15) is 18.0 Å². The van der Waals surface area contributed by atoms with Crippen molar-refractivity contribution in [2.75, 3.05) is 16.8 Å². The van der Waals surface area contributed by atoms with Crippen molar-refractivity contribution in [2.45, 2.75) is 25.7 Å². The van der Waals surface area contributed by atoms with Gasteiger partial charge in [0.1, 0.15) is 6.54 Å². The van der Waals surface area contributed by atoms with Crippen LogP contribution < -0.4 is 10.2 Å². The minimum absolute atomic E-state index is 0.202. The summed E-state index contributed by atoms with van der Waals surface area (Å²) in [6.07, 6.45) is -3.74. The first kappa shape index (κ1) is 20.6. The second-order valence-corrected chi connectivity index (χ2v) is 8.61. The number of hydrogen-bond donors (Lipinski definition) is 1. The van der Waals surface area contributed by atoms with E-state index in [1.165, 1.54) is 22.6 Å². The molecule has 2 aromatic heterocycles. The highest BCUT2D eigenvalue weighted by atomic mass is 32.1. The third-order valence-electron chi connectivity index (χ3n) is 5.54. The molecule has 4 aromatic rings. The summed E-state index contributed by atoms with van der Waals surface area (Å²) < 4.78 is 41.6. The zero-order chi connectivity index (χ0) is 22.3. The van der Waals surface area contributed by atoms with Gasteiger partial charge >= 0.3 is 6.18 Å². The molecule has 1 aliphatic heterocycles. The molecule has 0 atom stereocenters. The lowest BCUT2D eigenvalue weighted by Gasteiger charge is -2.30. The number of alkyl halides is 3. The number of para-hydroxylation sites is 4. The van der Waals surface area contributed by atoms with Crippen LogP contribution in [0.5, 0.6) is 0 Å². The molecular formula is C23H19F3N4OS. The van der Waals surface area contributed by atoms with Crippen molar-refractivity contribution in [3.63, 3.8) is 0 Å². The summed E-state index contributed by atoms with van der Waals surface area (Å²) in [5.74, 6) is -1.62. The Balaban J connectivity index is 1.41. The van der Waals surface area contributed by atoms with Gasteiger partial charge in [-0.1, -0.05) is 24.3 Å². The number of halogens is 3. The van der Waals surface area contributed by atoms with Crippen LogP contribution in [0, 0.1) is 0 Å². The third-order valence-corrected chi connectivity index (χ3v) is 6.56. The Morgan fingerprint density at radius 2 is 1.88 bits per heavy atom. The van der Waals surface area contributed by atoms with Crippen molar-refractivity contribution in [3.05, 3.63) is 76.2 Å². The van der Waals surface area contributed by atoms with Crippen LogP contribution in [0.3, 0.4) is 0 Å². The SMILES string of the molecule is O=C(Cn1c(C(F)(F)F)nc2ccccc21)Nc1ccccc1N1CCc2sccc2C1. The number of imidazole rings is 1. The van der Waals surface area contributed by atoms with E-state index in [4.69, 9.17) is 0 Å². The average molecular weight is 456 g/mol. The molecule has 5 nitrogen and oxygen atoms in total. The molecule has 32 heavy (non-hydrogen) atoms. The molecule has 0 radical (unpaired) electrons. The molecule has 3 heterocycles. The number of carbonyl (C=O) groups is 1. The van der Waals surface area contributed by atoms with Crippen LogP contribution in [0.1, 0.15) is 16.3 Å². The van der Waals surface area contributed by atoms with E-state index < -0.39 is 24.5 Å².